The van der Waals surface area contributed by atoms with Gasteiger partial charge in [-0.25, -0.2) is 4.79 Å². The maximum atomic E-state index is 12.5. The fourth-order valence-corrected chi connectivity index (χ4v) is 5.14. The number of aromatic nitrogens is 1. The van der Waals surface area contributed by atoms with Gasteiger partial charge in [-0.1, -0.05) is 23.7 Å². The van der Waals surface area contributed by atoms with Crippen molar-refractivity contribution in [2.75, 3.05) is 26.7 Å². The number of rotatable bonds is 3. The van der Waals surface area contributed by atoms with Gasteiger partial charge in [0.15, 0.2) is 0 Å². The summed E-state index contributed by atoms with van der Waals surface area (Å²) in [5, 5.41) is 5.33. The van der Waals surface area contributed by atoms with Crippen LogP contribution in [0.1, 0.15) is 37.3 Å². The van der Waals surface area contributed by atoms with Gasteiger partial charge in [0.05, 0.1) is 0 Å². The highest BCUT2D eigenvalue weighted by Crippen LogP contribution is 2.45. The predicted octanol–water partition coefficient (Wildman–Crippen LogP) is 3.59. The predicted molar refractivity (Wildman–Crippen MR) is 106 cm³/mol. The van der Waals surface area contributed by atoms with Crippen LogP contribution < -0.4 is 5.32 Å². The number of hydrogen-bond acceptors (Lipinski definition) is 2. The molecule has 0 bridgehead atoms. The minimum atomic E-state index is 0.0474. The minimum absolute atomic E-state index is 0.0474. The molecular weight excluding hydrogens is 348 g/mol. The summed E-state index contributed by atoms with van der Waals surface area (Å²) < 4.78 is 0. The number of piperidine rings is 1. The summed E-state index contributed by atoms with van der Waals surface area (Å²) in [5.41, 5.74) is 3.74. The number of nitrogens with one attached hydrogen (secondary N) is 2. The number of H-pyrrole nitrogens is 1. The Bertz CT molecular complexity index is 829. The first-order valence-corrected chi connectivity index (χ1v) is 9.95. The zero-order chi connectivity index (χ0) is 18.4. The van der Waals surface area contributed by atoms with Crippen molar-refractivity contribution in [2.24, 2.45) is 0 Å². The lowest BCUT2D eigenvalue weighted by Crippen LogP contribution is -2.56. The van der Waals surface area contributed by atoms with Crippen LogP contribution >= 0.6 is 11.6 Å². The first-order valence-electron chi connectivity index (χ1n) is 9.58. The van der Waals surface area contributed by atoms with E-state index in [4.69, 9.17) is 11.6 Å². The quantitative estimate of drug-likeness (QED) is 0.862. The molecule has 6 heteroatoms. The van der Waals surface area contributed by atoms with Crippen LogP contribution in [0.5, 0.6) is 0 Å². The van der Waals surface area contributed by atoms with E-state index in [2.05, 4.69) is 40.4 Å². The highest BCUT2D eigenvalue weighted by molar-refractivity contribution is 6.32. The van der Waals surface area contributed by atoms with Crippen molar-refractivity contribution in [3.8, 4) is 0 Å². The summed E-state index contributed by atoms with van der Waals surface area (Å²) in [5.74, 6) is 0.416. The SMILES string of the molecule is CCN(CC)C(=O)N[C@@H]1CC2c3cccc4[nH]c(Cl)c(c34)C[C@H]2N(C)C1. The Hall–Kier alpha value is -1.72. The normalized spacial score (nSPS) is 25.2. The van der Waals surface area contributed by atoms with Gasteiger partial charge in [0.25, 0.3) is 0 Å². The Balaban J connectivity index is 1.63. The van der Waals surface area contributed by atoms with Crippen molar-refractivity contribution in [1.82, 2.24) is 20.1 Å². The standard InChI is InChI=1S/C20H27ClN4O/c1-4-25(5-2)20(26)22-12-9-14-13-7-6-8-16-18(13)15(19(21)23-16)10-17(14)24(3)11-12/h6-8,12,14,17,23H,4-5,9-11H2,1-3H3,(H,22,26)/t12-,14?,17-/m1/s1. The second kappa shape index (κ2) is 6.78. The van der Waals surface area contributed by atoms with Gasteiger partial charge in [0.1, 0.15) is 5.15 Å². The molecule has 4 rings (SSSR count). The van der Waals surface area contributed by atoms with Crippen LogP contribution in [0, 0.1) is 0 Å². The van der Waals surface area contributed by atoms with Crippen LogP contribution in [-0.2, 0) is 6.42 Å². The van der Waals surface area contributed by atoms with E-state index in [1.165, 1.54) is 16.5 Å². The van der Waals surface area contributed by atoms with Crippen molar-refractivity contribution in [1.29, 1.82) is 0 Å². The third-order valence-corrected chi connectivity index (χ3v) is 6.50. The number of amides is 2. The van der Waals surface area contributed by atoms with Gasteiger partial charge < -0.3 is 20.1 Å². The third kappa shape index (κ3) is 2.78. The number of benzene rings is 1. The van der Waals surface area contributed by atoms with Gasteiger partial charge >= 0.3 is 6.03 Å². The maximum absolute atomic E-state index is 12.5. The Morgan fingerprint density at radius 2 is 2.15 bits per heavy atom. The molecule has 0 saturated carbocycles. The Morgan fingerprint density at radius 1 is 1.38 bits per heavy atom. The smallest absolute Gasteiger partial charge is 0.317 e. The molecule has 140 valence electrons. The number of nitrogens with zero attached hydrogens (tertiary/aromatic N) is 2. The Morgan fingerprint density at radius 3 is 2.88 bits per heavy atom. The fourth-order valence-electron chi connectivity index (χ4n) is 4.87. The van der Waals surface area contributed by atoms with Crippen LogP contribution in [-0.4, -0.2) is 59.6 Å². The monoisotopic (exact) mass is 374 g/mol. The van der Waals surface area contributed by atoms with E-state index >= 15 is 0 Å². The topological polar surface area (TPSA) is 51.4 Å². The van der Waals surface area contributed by atoms with E-state index in [0.717, 1.165) is 43.1 Å². The summed E-state index contributed by atoms with van der Waals surface area (Å²) in [6.07, 6.45) is 1.94. The molecule has 2 heterocycles. The van der Waals surface area contributed by atoms with E-state index in [1.807, 2.05) is 18.7 Å². The summed E-state index contributed by atoms with van der Waals surface area (Å²) in [6, 6.07) is 7.08. The number of likely N-dealkylation sites (N-methyl/N-ethyl adjacent to an activating group) is 1. The molecular formula is C20H27ClN4O. The molecule has 0 spiro atoms. The Labute approximate surface area is 159 Å². The summed E-state index contributed by atoms with van der Waals surface area (Å²) in [7, 11) is 2.17. The van der Waals surface area contributed by atoms with Gasteiger partial charge in [0.2, 0.25) is 0 Å². The van der Waals surface area contributed by atoms with Crippen molar-refractivity contribution < 1.29 is 4.79 Å². The molecule has 1 aliphatic carbocycles. The summed E-state index contributed by atoms with van der Waals surface area (Å²) >= 11 is 6.48. The van der Waals surface area contributed by atoms with E-state index in [0.29, 0.717) is 12.0 Å². The minimum Gasteiger partial charge on any atom is -0.345 e. The van der Waals surface area contributed by atoms with Crippen molar-refractivity contribution in [3.05, 3.63) is 34.5 Å². The molecule has 2 aliphatic rings. The van der Waals surface area contributed by atoms with Crippen LogP contribution in [0.4, 0.5) is 4.79 Å². The van der Waals surface area contributed by atoms with Crippen LogP contribution in [0.2, 0.25) is 5.15 Å². The zero-order valence-corrected chi connectivity index (χ0v) is 16.4. The molecule has 0 radical (unpaired) electrons. The third-order valence-electron chi connectivity index (χ3n) is 6.18. The molecule has 2 aromatic rings. The Kier molecular flexibility index (Phi) is 4.61. The summed E-state index contributed by atoms with van der Waals surface area (Å²) in [6.45, 7) is 6.39. The largest absolute Gasteiger partial charge is 0.345 e. The number of urea groups is 1. The average molecular weight is 375 g/mol. The number of carbonyl (C=O) groups excluding carboxylic acids is 1. The molecule has 2 amide bonds. The van der Waals surface area contributed by atoms with Crippen LogP contribution in [0.25, 0.3) is 10.9 Å². The van der Waals surface area contributed by atoms with Crippen LogP contribution in [0.3, 0.4) is 0 Å². The van der Waals surface area contributed by atoms with E-state index in [9.17, 15) is 4.79 Å². The number of aromatic amines is 1. The molecule has 3 atom stereocenters. The van der Waals surface area contributed by atoms with E-state index < -0.39 is 0 Å². The molecule has 1 aliphatic heterocycles. The van der Waals surface area contributed by atoms with Crippen molar-refractivity contribution >= 4 is 28.5 Å². The second-order valence-electron chi connectivity index (χ2n) is 7.56. The molecule has 1 unspecified atom stereocenters. The number of halogens is 1. The first-order chi connectivity index (χ1) is 12.5. The molecule has 1 saturated heterocycles. The fraction of sp³-hybridized carbons (Fsp3) is 0.550. The number of fused-ring (bicyclic) bond motifs is 2. The number of likely N-dealkylation sites (tertiary alicyclic amines) is 1. The van der Waals surface area contributed by atoms with Gasteiger partial charge in [0, 0.05) is 48.5 Å². The highest BCUT2D eigenvalue weighted by atomic mass is 35.5. The molecule has 26 heavy (non-hydrogen) atoms. The molecule has 1 aromatic carbocycles. The zero-order valence-electron chi connectivity index (χ0n) is 15.7. The number of carbonyl (C=O) groups is 1. The number of hydrogen-bond donors (Lipinski definition) is 2. The lowest BCUT2D eigenvalue weighted by molar-refractivity contribution is 0.124. The highest BCUT2D eigenvalue weighted by Gasteiger charge is 2.40. The molecule has 1 fully saturated rings. The van der Waals surface area contributed by atoms with Gasteiger partial charge in [-0.2, -0.15) is 0 Å². The van der Waals surface area contributed by atoms with Gasteiger partial charge in [-0.3, -0.25) is 0 Å². The van der Waals surface area contributed by atoms with Gasteiger partial charge in [-0.15, -0.1) is 0 Å². The van der Waals surface area contributed by atoms with E-state index in [-0.39, 0.29) is 12.1 Å². The van der Waals surface area contributed by atoms with Crippen LogP contribution in [0.15, 0.2) is 18.2 Å². The second-order valence-corrected chi connectivity index (χ2v) is 7.94. The van der Waals surface area contributed by atoms with Gasteiger partial charge in [-0.05, 0) is 50.9 Å². The first kappa shape index (κ1) is 17.7. The molecule has 1 aromatic heterocycles. The summed E-state index contributed by atoms with van der Waals surface area (Å²) in [4.78, 5) is 20.1. The van der Waals surface area contributed by atoms with Crippen molar-refractivity contribution in [2.45, 2.75) is 44.7 Å². The maximum Gasteiger partial charge on any atom is 0.317 e. The lowest BCUT2D eigenvalue weighted by atomic mass is 9.74. The molecule has 5 nitrogen and oxygen atoms in total. The average Bonchev–Trinajstić information content (AvgIpc) is 2.94. The molecule has 2 N–H and O–H groups in total. The van der Waals surface area contributed by atoms with Crippen molar-refractivity contribution in [3.63, 3.8) is 0 Å². The lowest BCUT2D eigenvalue weighted by Gasteiger charge is -2.46. The van der Waals surface area contributed by atoms with E-state index in [1.54, 1.807) is 0 Å².